The van der Waals surface area contributed by atoms with E-state index in [4.69, 9.17) is 19.7 Å². The first-order valence-electron chi connectivity index (χ1n) is 11.6. The molecule has 1 saturated carbocycles. The summed E-state index contributed by atoms with van der Waals surface area (Å²) in [6.45, 7) is 2.61. The van der Waals surface area contributed by atoms with Crippen LogP contribution in [0.15, 0.2) is 24.5 Å². The molecule has 0 aromatic carbocycles. The second kappa shape index (κ2) is 11.4. The van der Waals surface area contributed by atoms with Crippen LogP contribution in [0.3, 0.4) is 0 Å². The van der Waals surface area contributed by atoms with Gasteiger partial charge in [0, 0.05) is 37.2 Å². The van der Waals surface area contributed by atoms with Gasteiger partial charge in [0.15, 0.2) is 0 Å². The van der Waals surface area contributed by atoms with Crippen molar-refractivity contribution in [1.82, 2.24) is 9.88 Å². The maximum atomic E-state index is 12.4. The van der Waals surface area contributed by atoms with Gasteiger partial charge in [-0.2, -0.15) is 0 Å². The van der Waals surface area contributed by atoms with Crippen LogP contribution in [0.25, 0.3) is 0 Å². The normalized spacial score (nSPS) is 23.3. The van der Waals surface area contributed by atoms with Gasteiger partial charge in [-0.1, -0.05) is 19.3 Å². The standard InChI is InChI=1S/C22H33N3O3.CH2O3/c26-21-25(19-8-15-24(16-9-19)18-6-13-23-14-7-18)17-20(28-21)5-4-12-22(27)10-2-1-3-11-22;2-1(3)4/h6-7,13-14,19-20,27H,1-5,8-12,15-17H2;(H2,2,3,4). The highest BCUT2D eigenvalue weighted by Gasteiger charge is 2.37. The van der Waals surface area contributed by atoms with Gasteiger partial charge in [0.05, 0.1) is 12.1 Å². The van der Waals surface area contributed by atoms with Crippen LogP contribution < -0.4 is 4.90 Å². The van der Waals surface area contributed by atoms with Gasteiger partial charge >= 0.3 is 12.2 Å². The lowest BCUT2D eigenvalue weighted by Crippen LogP contribution is -2.45. The predicted molar refractivity (Wildman–Crippen MR) is 119 cm³/mol. The maximum Gasteiger partial charge on any atom is 0.503 e. The number of carbonyl (C=O) groups is 2. The van der Waals surface area contributed by atoms with Gasteiger partial charge in [-0.3, -0.25) is 4.98 Å². The summed E-state index contributed by atoms with van der Waals surface area (Å²) in [7, 11) is 0. The molecule has 3 heterocycles. The number of carbonyl (C=O) groups excluding carboxylic acids is 1. The third-order valence-corrected chi connectivity index (χ3v) is 6.79. The summed E-state index contributed by atoms with van der Waals surface area (Å²) >= 11 is 0. The lowest BCUT2D eigenvalue weighted by Gasteiger charge is -2.36. The number of hydrogen-bond acceptors (Lipinski definition) is 6. The molecular weight excluding hydrogens is 414 g/mol. The number of anilines is 1. The molecule has 1 amide bonds. The van der Waals surface area contributed by atoms with Gasteiger partial charge < -0.3 is 29.9 Å². The minimum atomic E-state index is -1.83. The van der Waals surface area contributed by atoms with Crippen molar-refractivity contribution in [2.75, 3.05) is 24.5 Å². The second-order valence-corrected chi connectivity index (χ2v) is 9.04. The summed E-state index contributed by atoms with van der Waals surface area (Å²) < 4.78 is 5.64. The van der Waals surface area contributed by atoms with Gasteiger partial charge in [0.25, 0.3) is 0 Å². The van der Waals surface area contributed by atoms with Crippen molar-refractivity contribution in [2.24, 2.45) is 0 Å². The summed E-state index contributed by atoms with van der Waals surface area (Å²) in [6, 6.07) is 4.36. The van der Waals surface area contributed by atoms with Crippen LogP contribution in [0.4, 0.5) is 15.3 Å². The van der Waals surface area contributed by atoms with E-state index in [-0.39, 0.29) is 18.2 Å². The van der Waals surface area contributed by atoms with Crippen LogP contribution in [0, 0.1) is 0 Å². The summed E-state index contributed by atoms with van der Waals surface area (Å²) in [4.78, 5) is 29.3. The monoisotopic (exact) mass is 449 g/mol. The number of amides is 1. The van der Waals surface area contributed by atoms with E-state index in [9.17, 15) is 9.90 Å². The molecule has 178 valence electrons. The molecule has 2 saturated heterocycles. The van der Waals surface area contributed by atoms with Crippen molar-refractivity contribution in [1.29, 1.82) is 0 Å². The van der Waals surface area contributed by atoms with E-state index in [1.165, 1.54) is 12.1 Å². The number of cyclic esters (lactones) is 1. The number of rotatable bonds is 6. The minimum absolute atomic E-state index is 0.0158. The Balaban J connectivity index is 0.000000668. The van der Waals surface area contributed by atoms with Gasteiger partial charge in [-0.25, -0.2) is 9.59 Å². The van der Waals surface area contributed by atoms with E-state index in [1.807, 2.05) is 29.4 Å². The van der Waals surface area contributed by atoms with E-state index in [1.54, 1.807) is 0 Å². The average molecular weight is 450 g/mol. The molecule has 9 heteroatoms. The zero-order valence-electron chi connectivity index (χ0n) is 18.6. The summed E-state index contributed by atoms with van der Waals surface area (Å²) in [6.07, 6.45) is 11.6. The number of carboxylic acid groups (broad SMARTS) is 2. The average Bonchev–Trinajstić information content (AvgIpc) is 3.15. The minimum Gasteiger partial charge on any atom is -0.450 e. The number of nitrogens with zero attached hydrogens (tertiary/aromatic N) is 3. The molecule has 0 spiro atoms. The van der Waals surface area contributed by atoms with Crippen LogP contribution in [0.1, 0.15) is 64.2 Å². The van der Waals surface area contributed by atoms with E-state index >= 15 is 0 Å². The van der Waals surface area contributed by atoms with Gasteiger partial charge in [-0.05, 0) is 57.1 Å². The summed E-state index contributed by atoms with van der Waals surface area (Å²) in [5.74, 6) is 0. The molecule has 3 N–H and O–H groups in total. The van der Waals surface area contributed by atoms with Crippen molar-refractivity contribution >= 4 is 17.9 Å². The Morgan fingerprint density at radius 1 is 1.12 bits per heavy atom. The zero-order chi connectivity index (χ0) is 23.0. The fraction of sp³-hybridized carbons (Fsp3) is 0.696. The molecule has 0 bridgehead atoms. The number of aliphatic hydroxyl groups is 1. The molecule has 1 aliphatic carbocycles. The Morgan fingerprint density at radius 2 is 1.75 bits per heavy atom. The van der Waals surface area contributed by atoms with E-state index in [0.29, 0.717) is 6.54 Å². The van der Waals surface area contributed by atoms with Gasteiger partial charge in [-0.15, -0.1) is 0 Å². The van der Waals surface area contributed by atoms with E-state index in [2.05, 4.69) is 9.88 Å². The maximum absolute atomic E-state index is 12.4. The highest BCUT2D eigenvalue weighted by atomic mass is 16.6. The van der Waals surface area contributed by atoms with Crippen LogP contribution in [-0.2, 0) is 4.74 Å². The van der Waals surface area contributed by atoms with Gasteiger partial charge in [0.1, 0.15) is 6.10 Å². The first-order valence-corrected chi connectivity index (χ1v) is 11.6. The Labute approximate surface area is 189 Å². The molecular formula is C23H35N3O6. The highest BCUT2D eigenvalue weighted by Crippen LogP contribution is 2.33. The molecule has 3 fully saturated rings. The predicted octanol–water partition coefficient (Wildman–Crippen LogP) is 3.96. The number of pyridine rings is 1. The van der Waals surface area contributed by atoms with Crippen molar-refractivity contribution in [3.05, 3.63) is 24.5 Å². The van der Waals surface area contributed by atoms with Crippen molar-refractivity contribution in [3.8, 4) is 0 Å². The van der Waals surface area contributed by atoms with E-state index in [0.717, 1.165) is 70.9 Å². The van der Waals surface area contributed by atoms with Crippen LogP contribution in [0.5, 0.6) is 0 Å². The molecule has 3 aliphatic rings. The topological polar surface area (TPSA) is 123 Å². The fourth-order valence-corrected chi connectivity index (χ4v) is 5.10. The summed E-state index contributed by atoms with van der Waals surface area (Å²) in [5.41, 5.74) is 0.733. The third kappa shape index (κ3) is 6.98. The third-order valence-electron chi connectivity index (χ3n) is 6.79. The van der Waals surface area contributed by atoms with Crippen molar-refractivity contribution in [3.63, 3.8) is 0 Å². The smallest absolute Gasteiger partial charge is 0.450 e. The Kier molecular flexibility index (Phi) is 8.55. The van der Waals surface area contributed by atoms with Gasteiger partial charge in [0.2, 0.25) is 0 Å². The Morgan fingerprint density at radius 3 is 2.38 bits per heavy atom. The van der Waals surface area contributed by atoms with E-state index < -0.39 is 11.8 Å². The molecule has 4 rings (SSSR count). The quantitative estimate of drug-likeness (QED) is 0.596. The molecule has 2 aliphatic heterocycles. The molecule has 1 unspecified atom stereocenters. The molecule has 9 nitrogen and oxygen atoms in total. The number of ether oxygens (including phenoxy) is 1. The van der Waals surface area contributed by atoms with Crippen molar-refractivity contribution in [2.45, 2.75) is 82.0 Å². The van der Waals surface area contributed by atoms with Crippen LogP contribution in [-0.4, -0.2) is 74.8 Å². The lowest BCUT2D eigenvalue weighted by molar-refractivity contribution is -0.00774. The number of piperidine rings is 1. The van der Waals surface area contributed by atoms with Crippen LogP contribution in [0.2, 0.25) is 0 Å². The second-order valence-electron chi connectivity index (χ2n) is 9.04. The highest BCUT2D eigenvalue weighted by molar-refractivity contribution is 5.70. The first kappa shape index (κ1) is 24.1. The fourth-order valence-electron chi connectivity index (χ4n) is 5.10. The number of aromatic nitrogens is 1. The zero-order valence-corrected chi connectivity index (χ0v) is 18.6. The summed E-state index contributed by atoms with van der Waals surface area (Å²) in [5, 5.41) is 24.6. The molecule has 1 aromatic heterocycles. The lowest BCUT2D eigenvalue weighted by atomic mass is 9.81. The Bertz CT molecular complexity index is 729. The largest absolute Gasteiger partial charge is 0.503 e. The molecule has 1 atom stereocenters. The van der Waals surface area contributed by atoms with Crippen LogP contribution >= 0.6 is 0 Å². The molecule has 0 radical (unpaired) electrons. The Hall–Kier alpha value is -2.55. The molecule has 1 aromatic rings. The first-order chi connectivity index (χ1) is 15.4. The molecule has 32 heavy (non-hydrogen) atoms. The number of hydrogen-bond donors (Lipinski definition) is 3. The SMILES string of the molecule is O=C(O)O.O=C1OC(CCCC2(O)CCCCC2)CN1C1CCN(c2ccncc2)CC1. The van der Waals surface area contributed by atoms with Crippen molar-refractivity contribution < 1.29 is 29.6 Å².